The zero-order valence-corrected chi connectivity index (χ0v) is 12.5. The monoisotopic (exact) mass is 275 g/mol. The summed E-state index contributed by atoms with van der Waals surface area (Å²) in [5.74, 6) is 1.15. The van der Waals surface area contributed by atoms with Crippen LogP contribution >= 0.6 is 0 Å². The second kappa shape index (κ2) is 5.19. The van der Waals surface area contributed by atoms with Crippen molar-refractivity contribution in [1.29, 1.82) is 0 Å². The van der Waals surface area contributed by atoms with E-state index in [1.165, 1.54) is 12.6 Å². The Morgan fingerprint density at radius 3 is 2.80 bits per heavy atom. The zero-order chi connectivity index (χ0) is 14.9. The minimum atomic E-state index is -0.492. The lowest BCUT2D eigenvalue weighted by atomic mass is 9.94. The van der Waals surface area contributed by atoms with Crippen LogP contribution < -0.4 is 14.8 Å². The first-order valence-electron chi connectivity index (χ1n) is 6.70. The molecule has 0 saturated heterocycles. The molecular formula is C16H21NO3. The van der Waals surface area contributed by atoms with Crippen molar-refractivity contribution in [1.82, 2.24) is 5.32 Å². The lowest BCUT2D eigenvalue weighted by Gasteiger charge is -2.17. The van der Waals surface area contributed by atoms with E-state index < -0.39 is 6.09 Å². The summed E-state index contributed by atoms with van der Waals surface area (Å²) in [5, 5.41) is 2.44. The fourth-order valence-corrected chi connectivity index (χ4v) is 2.41. The molecule has 1 aromatic rings. The number of hydrogen-bond donors (Lipinski definition) is 1. The molecule has 1 aromatic carbocycles. The van der Waals surface area contributed by atoms with Crippen molar-refractivity contribution in [2.24, 2.45) is 0 Å². The van der Waals surface area contributed by atoms with Gasteiger partial charge in [0.1, 0.15) is 5.60 Å². The van der Waals surface area contributed by atoms with Crippen LogP contribution in [0.25, 0.3) is 0 Å². The van der Waals surface area contributed by atoms with Gasteiger partial charge in [-0.2, -0.15) is 0 Å². The minimum Gasteiger partial charge on any atom is -0.483 e. The number of ether oxygens (including phenoxy) is 2. The molecule has 20 heavy (non-hydrogen) atoms. The summed E-state index contributed by atoms with van der Waals surface area (Å²) in [7, 11) is 1.53. The normalized spacial score (nSPS) is 15.2. The molecule has 0 fully saturated rings. The second-order valence-corrected chi connectivity index (χ2v) is 5.84. The number of fused-ring (bicyclic) bond motifs is 1. The highest BCUT2D eigenvalue weighted by atomic mass is 16.6. The number of nitrogens with one attached hydrogen (secondary N) is 1. The number of rotatable bonds is 3. The van der Waals surface area contributed by atoms with Gasteiger partial charge in [0.15, 0.2) is 11.5 Å². The first-order valence-corrected chi connectivity index (χ1v) is 6.70. The average Bonchev–Trinajstić information content (AvgIpc) is 2.67. The molecule has 0 atom stereocenters. The van der Waals surface area contributed by atoms with E-state index in [0.717, 1.165) is 24.0 Å². The highest BCUT2D eigenvalue weighted by molar-refractivity contribution is 5.72. The van der Waals surface area contributed by atoms with Crippen LogP contribution in [-0.2, 0) is 12.8 Å². The molecule has 1 aliphatic heterocycles. The lowest BCUT2D eigenvalue weighted by Crippen LogP contribution is -2.25. The van der Waals surface area contributed by atoms with Crippen molar-refractivity contribution >= 4 is 6.09 Å². The molecule has 108 valence electrons. The number of carbonyl (C=O) groups excluding carboxylic acids is 1. The van der Waals surface area contributed by atoms with Crippen LogP contribution in [-0.4, -0.2) is 18.7 Å². The van der Waals surface area contributed by atoms with E-state index in [1.54, 1.807) is 6.07 Å². The fraction of sp³-hybridized carbons (Fsp3) is 0.438. The van der Waals surface area contributed by atoms with Gasteiger partial charge in [0, 0.05) is 19.0 Å². The summed E-state index contributed by atoms with van der Waals surface area (Å²) in [6.45, 7) is 10.0. The number of hydrogen-bond acceptors (Lipinski definition) is 3. The predicted octanol–water partition coefficient (Wildman–Crippen LogP) is 3.24. The molecule has 2 rings (SSSR count). The Hall–Kier alpha value is -1.97. The first kappa shape index (κ1) is 14.4. The standard InChI is InChI=1S/C16H21NO3/c1-10(2)8-11-6-7-13(19-15(18)17-5)14-12(11)9-16(3,4)20-14/h6-7H,1,8-9H2,2-5H3,(H,17,18). The van der Waals surface area contributed by atoms with E-state index in [4.69, 9.17) is 9.47 Å². The molecule has 1 amide bonds. The number of amides is 1. The molecule has 0 saturated carbocycles. The van der Waals surface area contributed by atoms with Gasteiger partial charge in [0.05, 0.1) is 0 Å². The molecule has 0 aliphatic carbocycles. The van der Waals surface area contributed by atoms with Gasteiger partial charge in [-0.1, -0.05) is 18.2 Å². The van der Waals surface area contributed by atoms with Gasteiger partial charge in [0.25, 0.3) is 0 Å². The summed E-state index contributed by atoms with van der Waals surface area (Å²) in [6.07, 6.45) is 1.12. The quantitative estimate of drug-likeness (QED) is 0.861. The van der Waals surface area contributed by atoms with Gasteiger partial charge in [0.2, 0.25) is 0 Å². The predicted molar refractivity (Wildman–Crippen MR) is 78.5 cm³/mol. The first-order chi connectivity index (χ1) is 9.32. The molecule has 1 aliphatic rings. The van der Waals surface area contributed by atoms with Crippen LogP contribution in [0.2, 0.25) is 0 Å². The smallest absolute Gasteiger partial charge is 0.412 e. The third kappa shape index (κ3) is 2.95. The Morgan fingerprint density at radius 1 is 1.50 bits per heavy atom. The summed E-state index contributed by atoms with van der Waals surface area (Å²) < 4.78 is 11.2. The topological polar surface area (TPSA) is 47.6 Å². The van der Waals surface area contributed by atoms with E-state index in [-0.39, 0.29) is 5.60 Å². The molecule has 0 unspecified atom stereocenters. The van der Waals surface area contributed by atoms with E-state index in [9.17, 15) is 4.79 Å². The Labute approximate surface area is 119 Å². The SMILES string of the molecule is C=C(C)Cc1ccc(OC(=O)NC)c2c1CC(C)(C)O2. The third-order valence-electron chi connectivity index (χ3n) is 3.20. The Bertz CT molecular complexity index is 561. The van der Waals surface area contributed by atoms with Crippen molar-refractivity contribution in [2.45, 2.75) is 39.2 Å². The van der Waals surface area contributed by atoms with Crippen molar-refractivity contribution < 1.29 is 14.3 Å². The van der Waals surface area contributed by atoms with E-state index in [0.29, 0.717) is 11.5 Å². The van der Waals surface area contributed by atoms with Crippen LogP contribution in [0.4, 0.5) is 4.79 Å². The van der Waals surface area contributed by atoms with Crippen molar-refractivity contribution in [3.05, 3.63) is 35.4 Å². The van der Waals surface area contributed by atoms with E-state index >= 15 is 0 Å². The maximum atomic E-state index is 11.4. The maximum Gasteiger partial charge on any atom is 0.412 e. The van der Waals surface area contributed by atoms with Crippen molar-refractivity contribution in [3.63, 3.8) is 0 Å². The zero-order valence-electron chi connectivity index (χ0n) is 12.5. The number of carbonyl (C=O) groups is 1. The molecule has 1 heterocycles. The molecule has 0 aromatic heterocycles. The lowest BCUT2D eigenvalue weighted by molar-refractivity contribution is 0.133. The molecule has 4 heteroatoms. The van der Waals surface area contributed by atoms with Crippen LogP contribution in [0.1, 0.15) is 31.9 Å². The molecular weight excluding hydrogens is 254 g/mol. The molecule has 0 bridgehead atoms. The van der Waals surface area contributed by atoms with Crippen molar-refractivity contribution in [2.75, 3.05) is 7.05 Å². The molecule has 1 N–H and O–H groups in total. The van der Waals surface area contributed by atoms with Crippen LogP contribution in [0.3, 0.4) is 0 Å². The van der Waals surface area contributed by atoms with E-state index in [1.807, 2.05) is 26.8 Å². The van der Waals surface area contributed by atoms with Gasteiger partial charge < -0.3 is 14.8 Å². The highest BCUT2D eigenvalue weighted by Crippen LogP contribution is 2.44. The summed E-state index contributed by atoms with van der Waals surface area (Å²) >= 11 is 0. The third-order valence-corrected chi connectivity index (χ3v) is 3.20. The van der Waals surface area contributed by atoms with Gasteiger partial charge in [-0.25, -0.2) is 4.79 Å². The van der Waals surface area contributed by atoms with Gasteiger partial charge in [-0.05, 0) is 38.8 Å². The van der Waals surface area contributed by atoms with Gasteiger partial charge >= 0.3 is 6.09 Å². The van der Waals surface area contributed by atoms with Gasteiger partial charge in [-0.3, -0.25) is 0 Å². The fourth-order valence-electron chi connectivity index (χ4n) is 2.41. The minimum absolute atomic E-state index is 0.283. The highest BCUT2D eigenvalue weighted by Gasteiger charge is 2.34. The maximum absolute atomic E-state index is 11.4. The van der Waals surface area contributed by atoms with Crippen LogP contribution in [0.5, 0.6) is 11.5 Å². The Balaban J connectivity index is 2.42. The Morgan fingerprint density at radius 2 is 2.20 bits per heavy atom. The molecule has 4 nitrogen and oxygen atoms in total. The Kier molecular flexibility index (Phi) is 3.75. The second-order valence-electron chi connectivity index (χ2n) is 5.84. The largest absolute Gasteiger partial charge is 0.483 e. The van der Waals surface area contributed by atoms with Crippen LogP contribution in [0, 0.1) is 0 Å². The summed E-state index contributed by atoms with van der Waals surface area (Å²) in [4.78, 5) is 11.4. The van der Waals surface area contributed by atoms with Crippen molar-refractivity contribution in [3.8, 4) is 11.5 Å². The van der Waals surface area contributed by atoms with E-state index in [2.05, 4.69) is 11.9 Å². The van der Waals surface area contributed by atoms with Crippen LogP contribution in [0.15, 0.2) is 24.3 Å². The number of allylic oxidation sites excluding steroid dienone is 1. The number of benzene rings is 1. The summed E-state index contributed by atoms with van der Waals surface area (Å²) in [5.41, 5.74) is 3.10. The molecule has 0 radical (unpaired) electrons. The summed E-state index contributed by atoms with van der Waals surface area (Å²) in [6, 6.07) is 3.77. The average molecular weight is 275 g/mol. The molecule has 0 spiro atoms. The van der Waals surface area contributed by atoms with Gasteiger partial charge in [-0.15, -0.1) is 0 Å².